The predicted octanol–water partition coefficient (Wildman–Crippen LogP) is 4.26. The van der Waals surface area contributed by atoms with E-state index in [2.05, 4.69) is 29.6 Å². The molecule has 2 aromatic rings. The van der Waals surface area contributed by atoms with Crippen LogP contribution in [0.25, 0.3) is 11.1 Å². The van der Waals surface area contributed by atoms with Gasteiger partial charge in [-0.25, -0.2) is 4.79 Å². The van der Waals surface area contributed by atoms with Crippen molar-refractivity contribution in [3.8, 4) is 11.1 Å². The second-order valence-corrected chi connectivity index (χ2v) is 9.69. The first-order valence-corrected chi connectivity index (χ1v) is 11.9. The van der Waals surface area contributed by atoms with Crippen LogP contribution in [0.15, 0.2) is 48.5 Å². The second kappa shape index (κ2) is 9.87. The van der Waals surface area contributed by atoms with Gasteiger partial charge in [-0.2, -0.15) is 0 Å². The zero-order valence-electron chi connectivity index (χ0n) is 19.9. The number of carbonyl (C=O) groups is 3. The van der Waals surface area contributed by atoms with Gasteiger partial charge in [0.25, 0.3) is 0 Å². The highest BCUT2D eigenvalue weighted by molar-refractivity contribution is 5.80. The van der Waals surface area contributed by atoms with Crippen molar-refractivity contribution in [1.82, 2.24) is 10.2 Å². The molecule has 0 aromatic heterocycles. The van der Waals surface area contributed by atoms with E-state index in [9.17, 15) is 14.4 Å². The van der Waals surface area contributed by atoms with Crippen molar-refractivity contribution in [2.75, 3.05) is 13.7 Å². The molecular weight excluding hydrogens is 432 g/mol. The van der Waals surface area contributed by atoms with Crippen LogP contribution in [-0.4, -0.2) is 53.7 Å². The summed E-state index contributed by atoms with van der Waals surface area (Å²) in [6, 6.07) is 15.9. The van der Waals surface area contributed by atoms with Crippen LogP contribution in [0.2, 0.25) is 0 Å². The lowest BCUT2D eigenvalue weighted by Crippen LogP contribution is -2.50. The SMILES string of the molecule is CC(C)[C@@H](CC(=O)N(C)C1CC(C(=O)O)C1)NC(=O)OCC1c2ccccc2-c2ccccc21. The van der Waals surface area contributed by atoms with Crippen LogP contribution in [0, 0.1) is 11.8 Å². The van der Waals surface area contributed by atoms with Gasteiger partial charge in [-0.1, -0.05) is 62.4 Å². The van der Waals surface area contributed by atoms with Gasteiger partial charge < -0.3 is 20.1 Å². The maximum atomic E-state index is 12.8. The summed E-state index contributed by atoms with van der Waals surface area (Å²) in [5, 5.41) is 11.9. The molecule has 0 radical (unpaired) electrons. The number of hydrogen-bond acceptors (Lipinski definition) is 4. The fourth-order valence-electron chi connectivity index (χ4n) is 4.89. The first-order valence-electron chi connectivity index (χ1n) is 11.9. The Kier molecular flexibility index (Phi) is 6.91. The number of ether oxygens (including phenoxy) is 1. The van der Waals surface area contributed by atoms with Crippen molar-refractivity contribution >= 4 is 18.0 Å². The summed E-state index contributed by atoms with van der Waals surface area (Å²) in [4.78, 5) is 38.1. The molecule has 7 heteroatoms. The number of carboxylic acids is 1. The molecule has 0 saturated heterocycles. The number of nitrogens with one attached hydrogen (secondary N) is 1. The molecule has 0 heterocycles. The van der Waals surface area contributed by atoms with Crippen LogP contribution in [-0.2, 0) is 14.3 Å². The summed E-state index contributed by atoms with van der Waals surface area (Å²) in [6.07, 6.45) is 0.561. The molecule has 1 atom stereocenters. The largest absolute Gasteiger partial charge is 0.481 e. The van der Waals surface area contributed by atoms with Crippen LogP contribution in [0.1, 0.15) is 50.2 Å². The number of carboxylic acid groups (broad SMARTS) is 1. The molecule has 1 saturated carbocycles. The fraction of sp³-hybridized carbons (Fsp3) is 0.444. The number of carbonyl (C=O) groups excluding carboxylic acids is 2. The molecule has 2 N–H and O–H groups in total. The van der Waals surface area contributed by atoms with Gasteiger partial charge in [0.1, 0.15) is 6.61 Å². The van der Waals surface area contributed by atoms with Crippen molar-refractivity contribution < 1.29 is 24.2 Å². The van der Waals surface area contributed by atoms with Gasteiger partial charge in [-0.15, -0.1) is 0 Å². The Labute approximate surface area is 200 Å². The van der Waals surface area contributed by atoms with Crippen molar-refractivity contribution in [1.29, 1.82) is 0 Å². The van der Waals surface area contributed by atoms with Crippen LogP contribution >= 0.6 is 0 Å². The molecule has 180 valence electrons. The van der Waals surface area contributed by atoms with E-state index in [1.807, 2.05) is 38.1 Å². The minimum absolute atomic E-state index is 0.0239. The number of amides is 2. The van der Waals surface area contributed by atoms with Gasteiger partial charge >= 0.3 is 12.1 Å². The number of benzene rings is 2. The van der Waals surface area contributed by atoms with Crippen LogP contribution in [0.3, 0.4) is 0 Å². The number of aliphatic carboxylic acids is 1. The normalized spacial score (nSPS) is 19.5. The number of nitrogens with zero attached hydrogens (tertiary/aromatic N) is 1. The van der Waals surface area contributed by atoms with E-state index in [0.29, 0.717) is 12.8 Å². The number of rotatable bonds is 8. The molecule has 0 unspecified atom stereocenters. The van der Waals surface area contributed by atoms with Crippen LogP contribution < -0.4 is 5.32 Å². The summed E-state index contributed by atoms with van der Waals surface area (Å²) in [5.41, 5.74) is 4.63. The Morgan fingerprint density at radius 2 is 1.59 bits per heavy atom. The summed E-state index contributed by atoms with van der Waals surface area (Å²) < 4.78 is 5.64. The lowest BCUT2D eigenvalue weighted by atomic mass is 9.79. The van der Waals surface area contributed by atoms with E-state index in [1.165, 1.54) is 11.1 Å². The molecule has 2 aromatic carbocycles. The maximum absolute atomic E-state index is 12.8. The van der Waals surface area contributed by atoms with E-state index in [4.69, 9.17) is 9.84 Å². The standard InChI is InChI=1S/C27H32N2O5/c1-16(2)24(14-25(30)29(3)18-12-17(13-18)26(31)32)28-27(33)34-15-23-21-10-6-4-8-19(21)20-9-5-7-11-22(20)23/h4-11,16-18,23-24H,12-15H2,1-3H3,(H,28,33)(H,31,32)/t17?,18?,24-/m1/s1. The zero-order valence-corrected chi connectivity index (χ0v) is 19.9. The topological polar surface area (TPSA) is 95.9 Å². The quantitative estimate of drug-likeness (QED) is 0.609. The van der Waals surface area contributed by atoms with Gasteiger partial charge in [0, 0.05) is 31.5 Å². The van der Waals surface area contributed by atoms with Crippen molar-refractivity contribution in [3.05, 3.63) is 59.7 Å². The van der Waals surface area contributed by atoms with Gasteiger partial charge in [0.05, 0.1) is 5.92 Å². The molecule has 0 spiro atoms. The molecule has 1 fully saturated rings. The molecule has 2 aliphatic carbocycles. The fourth-order valence-corrected chi connectivity index (χ4v) is 4.89. The summed E-state index contributed by atoms with van der Waals surface area (Å²) in [7, 11) is 1.70. The van der Waals surface area contributed by atoms with Crippen molar-refractivity contribution in [2.24, 2.45) is 11.8 Å². The van der Waals surface area contributed by atoms with E-state index in [1.54, 1.807) is 11.9 Å². The molecule has 2 aliphatic rings. The molecule has 0 aliphatic heterocycles. The number of hydrogen-bond donors (Lipinski definition) is 2. The average molecular weight is 465 g/mol. The Bertz CT molecular complexity index is 1030. The van der Waals surface area contributed by atoms with E-state index in [-0.39, 0.29) is 48.8 Å². The van der Waals surface area contributed by atoms with Gasteiger partial charge in [-0.05, 0) is 41.0 Å². The highest BCUT2D eigenvalue weighted by Crippen LogP contribution is 2.44. The minimum atomic E-state index is -0.811. The zero-order chi connectivity index (χ0) is 24.4. The molecular formula is C27H32N2O5. The highest BCUT2D eigenvalue weighted by Gasteiger charge is 2.39. The van der Waals surface area contributed by atoms with Gasteiger partial charge in [0.15, 0.2) is 0 Å². The van der Waals surface area contributed by atoms with Gasteiger partial charge in [-0.3, -0.25) is 9.59 Å². The lowest BCUT2D eigenvalue weighted by molar-refractivity contribution is -0.150. The van der Waals surface area contributed by atoms with Crippen LogP contribution in [0.4, 0.5) is 4.79 Å². The molecule has 0 bridgehead atoms. The first kappa shape index (κ1) is 23.8. The Morgan fingerprint density at radius 1 is 1.03 bits per heavy atom. The Balaban J connectivity index is 1.33. The molecule has 4 rings (SSSR count). The third-order valence-electron chi connectivity index (χ3n) is 7.25. The minimum Gasteiger partial charge on any atom is -0.481 e. The summed E-state index contributed by atoms with van der Waals surface area (Å²) >= 11 is 0. The molecule has 2 amide bonds. The predicted molar refractivity (Wildman–Crippen MR) is 128 cm³/mol. The Morgan fingerprint density at radius 3 is 2.12 bits per heavy atom. The lowest BCUT2D eigenvalue weighted by Gasteiger charge is -2.39. The number of alkyl carbamates (subject to hydrolysis) is 1. The molecule has 7 nitrogen and oxygen atoms in total. The van der Waals surface area contributed by atoms with E-state index in [0.717, 1.165) is 11.1 Å². The van der Waals surface area contributed by atoms with E-state index < -0.39 is 12.1 Å². The number of fused-ring (bicyclic) bond motifs is 3. The monoisotopic (exact) mass is 464 g/mol. The van der Waals surface area contributed by atoms with Crippen molar-refractivity contribution in [3.63, 3.8) is 0 Å². The van der Waals surface area contributed by atoms with Crippen molar-refractivity contribution in [2.45, 2.75) is 51.1 Å². The van der Waals surface area contributed by atoms with Crippen LogP contribution in [0.5, 0.6) is 0 Å². The van der Waals surface area contributed by atoms with Gasteiger partial charge in [0.2, 0.25) is 5.91 Å². The van der Waals surface area contributed by atoms with E-state index >= 15 is 0 Å². The molecule has 34 heavy (non-hydrogen) atoms. The Hall–Kier alpha value is -3.35. The third kappa shape index (κ3) is 4.79. The maximum Gasteiger partial charge on any atom is 0.407 e. The first-order chi connectivity index (χ1) is 16.3. The smallest absolute Gasteiger partial charge is 0.407 e. The summed E-state index contributed by atoms with van der Waals surface area (Å²) in [6.45, 7) is 4.12. The second-order valence-electron chi connectivity index (χ2n) is 9.69. The summed E-state index contributed by atoms with van der Waals surface area (Å²) in [5.74, 6) is -1.28. The highest BCUT2D eigenvalue weighted by atomic mass is 16.5. The average Bonchev–Trinajstić information content (AvgIpc) is 3.09. The third-order valence-corrected chi connectivity index (χ3v) is 7.25.